The summed E-state index contributed by atoms with van der Waals surface area (Å²) in [5.41, 5.74) is 0. The maximum Gasteiger partial charge on any atom is 0.305 e. The molecule has 0 aliphatic carbocycles. The molecule has 1 amide bonds. The van der Waals surface area contributed by atoms with Crippen LogP contribution < -0.4 is 5.32 Å². The molecular formula is C67H127NO5. The predicted molar refractivity (Wildman–Crippen MR) is 319 cm³/mol. The van der Waals surface area contributed by atoms with E-state index in [0.717, 1.165) is 51.4 Å². The molecule has 3 N–H and O–H groups in total. The van der Waals surface area contributed by atoms with Gasteiger partial charge in [0.15, 0.2) is 0 Å². The van der Waals surface area contributed by atoms with E-state index >= 15 is 0 Å². The Morgan fingerprint density at radius 1 is 0.384 bits per heavy atom. The molecule has 0 radical (unpaired) electrons. The molecule has 2 unspecified atom stereocenters. The van der Waals surface area contributed by atoms with Gasteiger partial charge in [-0.3, -0.25) is 9.59 Å². The molecule has 0 heterocycles. The highest BCUT2D eigenvalue weighted by atomic mass is 16.5. The molecule has 0 bridgehead atoms. The minimum atomic E-state index is -0.848. The topological polar surface area (TPSA) is 95.9 Å². The van der Waals surface area contributed by atoms with Gasteiger partial charge in [-0.25, -0.2) is 0 Å². The second-order valence-electron chi connectivity index (χ2n) is 22.5. The number of aliphatic hydroxyl groups is 2. The number of carbonyl (C=O) groups excluding carboxylic acids is 2. The highest BCUT2D eigenvalue weighted by molar-refractivity contribution is 5.76. The molecule has 0 aromatic carbocycles. The van der Waals surface area contributed by atoms with Gasteiger partial charge in [0.25, 0.3) is 0 Å². The maximum atomic E-state index is 12.5. The second-order valence-corrected chi connectivity index (χ2v) is 22.5. The summed E-state index contributed by atoms with van der Waals surface area (Å²) < 4.78 is 5.48. The fourth-order valence-corrected chi connectivity index (χ4v) is 10.1. The SMILES string of the molecule is CCCCC/C=C\C/C=C\CCCCCCCC(=O)OCCCCCCCCCCCCCCCCCCCCCC(=O)NC(CO)C(O)/C=C/CCCCCCCCCCCCCCCCCCCCCC. The Morgan fingerprint density at radius 3 is 1.07 bits per heavy atom. The molecule has 0 aromatic heterocycles. The van der Waals surface area contributed by atoms with E-state index in [0.29, 0.717) is 19.4 Å². The number of ether oxygens (including phenoxy) is 1. The highest BCUT2D eigenvalue weighted by Gasteiger charge is 2.18. The first kappa shape index (κ1) is 71.1. The molecule has 6 heteroatoms. The molecule has 0 aromatic rings. The zero-order valence-electron chi connectivity index (χ0n) is 49.1. The Hall–Kier alpha value is -1.92. The van der Waals surface area contributed by atoms with Crippen LogP contribution in [0.2, 0.25) is 0 Å². The monoisotopic (exact) mass is 1030 g/mol. The van der Waals surface area contributed by atoms with E-state index in [4.69, 9.17) is 4.74 Å². The number of hydrogen-bond donors (Lipinski definition) is 3. The zero-order chi connectivity index (χ0) is 52.9. The number of carbonyl (C=O) groups is 2. The number of amides is 1. The lowest BCUT2D eigenvalue weighted by molar-refractivity contribution is -0.143. The first-order valence-corrected chi connectivity index (χ1v) is 32.8. The van der Waals surface area contributed by atoms with E-state index in [9.17, 15) is 19.8 Å². The minimum absolute atomic E-state index is 0.00528. The van der Waals surface area contributed by atoms with Crippen molar-refractivity contribution in [1.82, 2.24) is 5.32 Å². The van der Waals surface area contributed by atoms with Crippen molar-refractivity contribution < 1.29 is 24.5 Å². The van der Waals surface area contributed by atoms with Gasteiger partial charge >= 0.3 is 5.97 Å². The largest absolute Gasteiger partial charge is 0.466 e. The Balaban J connectivity index is 3.44. The number of rotatable bonds is 61. The van der Waals surface area contributed by atoms with Crippen LogP contribution in [0, 0.1) is 0 Å². The lowest BCUT2D eigenvalue weighted by Gasteiger charge is -2.20. The first-order chi connectivity index (χ1) is 36.0. The number of hydrogen-bond acceptors (Lipinski definition) is 5. The van der Waals surface area contributed by atoms with Gasteiger partial charge in [0, 0.05) is 12.8 Å². The summed E-state index contributed by atoms with van der Waals surface area (Å²) in [6.07, 6.45) is 79.0. The highest BCUT2D eigenvalue weighted by Crippen LogP contribution is 2.18. The summed E-state index contributed by atoms with van der Waals surface area (Å²) in [6, 6.07) is -0.632. The Morgan fingerprint density at radius 2 is 0.685 bits per heavy atom. The molecule has 0 fully saturated rings. The summed E-state index contributed by atoms with van der Waals surface area (Å²) in [4.78, 5) is 24.6. The summed E-state index contributed by atoms with van der Waals surface area (Å²) in [5.74, 6) is -0.0733. The molecule has 0 aliphatic heterocycles. The third-order valence-corrected chi connectivity index (χ3v) is 15.2. The second kappa shape index (κ2) is 62.6. The van der Waals surface area contributed by atoms with Crippen LogP contribution in [0.5, 0.6) is 0 Å². The molecule has 0 saturated heterocycles. The molecular weight excluding hydrogens is 899 g/mol. The molecule has 0 saturated carbocycles. The van der Waals surface area contributed by atoms with Gasteiger partial charge in [0.2, 0.25) is 5.91 Å². The van der Waals surface area contributed by atoms with Crippen LogP contribution >= 0.6 is 0 Å². The normalized spacial score (nSPS) is 12.8. The van der Waals surface area contributed by atoms with Crippen molar-refractivity contribution in [3.8, 4) is 0 Å². The van der Waals surface area contributed by atoms with Gasteiger partial charge in [-0.2, -0.15) is 0 Å². The van der Waals surface area contributed by atoms with Gasteiger partial charge in [-0.1, -0.05) is 314 Å². The van der Waals surface area contributed by atoms with Gasteiger partial charge in [-0.05, 0) is 64.2 Å². The van der Waals surface area contributed by atoms with Crippen LogP contribution in [0.4, 0.5) is 0 Å². The quantitative estimate of drug-likeness (QED) is 0.0320. The molecule has 0 spiro atoms. The van der Waals surface area contributed by atoms with E-state index in [2.05, 4.69) is 43.5 Å². The van der Waals surface area contributed by atoms with Crippen molar-refractivity contribution in [3.63, 3.8) is 0 Å². The summed E-state index contributed by atoms with van der Waals surface area (Å²) in [5, 5.41) is 23.2. The van der Waals surface area contributed by atoms with Gasteiger partial charge < -0.3 is 20.3 Å². The van der Waals surface area contributed by atoms with Crippen LogP contribution in [-0.4, -0.2) is 47.4 Å². The average molecular weight is 1030 g/mol. The Labute approximate surface area is 455 Å². The van der Waals surface area contributed by atoms with Gasteiger partial charge in [0.1, 0.15) is 0 Å². The molecule has 0 aliphatic rings. The van der Waals surface area contributed by atoms with E-state index in [1.807, 2.05) is 6.08 Å². The van der Waals surface area contributed by atoms with Crippen molar-refractivity contribution >= 4 is 11.9 Å². The summed E-state index contributed by atoms with van der Waals surface area (Å²) in [7, 11) is 0. The third kappa shape index (κ3) is 59.2. The number of unbranched alkanes of at least 4 members (excludes halogenated alkanes) is 46. The summed E-state index contributed by atoms with van der Waals surface area (Å²) >= 11 is 0. The van der Waals surface area contributed by atoms with Crippen LogP contribution in [0.25, 0.3) is 0 Å². The van der Waals surface area contributed by atoms with Crippen molar-refractivity contribution in [2.45, 2.75) is 366 Å². The predicted octanol–water partition coefficient (Wildman–Crippen LogP) is 20.8. The smallest absolute Gasteiger partial charge is 0.305 e. The van der Waals surface area contributed by atoms with Crippen LogP contribution in [0.1, 0.15) is 354 Å². The Kier molecular flexibility index (Phi) is 61.0. The molecule has 2 atom stereocenters. The lowest BCUT2D eigenvalue weighted by Crippen LogP contribution is -2.45. The average Bonchev–Trinajstić information content (AvgIpc) is 3.39. The van der Waals surface area contributed by atoms with Crippen LogP contribution in [0.15, 0.2) is 36.5 Å². The molecule has 0 rings (SSSR count). The van der Waals surface area contributed by atoms with E-state index in [1.54, 1.807) is 6.08 Å². The van der Waals surface area contributed by atoms with Gasteiger partial charge in [-0.15, -0.1) is 0 Å². The molecule has 6 nitrogen and oxygen atoms in total. The molecule has 73 heavy (non-hydrogen) atoms. The lowest BCUT2D eigenvalue weighted by atomic mass is 10.0. The minimum Gasteiger partial charge on any atom is -0.466 e. The van der Waals surface area contributed by atoms with Crippen LogP contribution in [0.3, 0.4) is 0 Å². The maximum absolute atomic E-state index is 12.5. The standard InChI is InChI=1S/C67H127NO5/c1-3-5-7-9-11-13-15-17-19-20-21-22-23-25-28-32-35-39-43-47-51-55-59-65(70)64(63-69)68-66(71)60-56-52-48-44-40-36-33-29-26-24-27-30-34-38-42-46-50-54-58-62-73-67(72)61-57-53-49-45-41-37-31-18-16-14-12-10-8-6-4-2/h12,14,18,31,55,59,64-65,69-70H,3-11,13,15-17,19-30,32-54,56-58,60-63H2,1-2H3,(H,68,71)/b14-12-,31-18-,59-55+. The fourth-order valence-electron chi connectivity index (χ4n) is 10.1. The van der Waals surface area contributed by atoms with E-state index < -0.39 is 12.1 Å². The fraction of sp³-hybridized carbons (Fsp3) is 0.881. The van der Waals surface area contributed by atoms with Crippen molar-refractivity contribution in [2.24, 2.45) is 0 Å². The number of aliphatic hydroxyl groups excluding tert-OH is 2. The number of allylic oxidation sites excluding steroid dienone is 5. The van der Waals surface area contributed by atoms with Gasteiger partial charge in [0.05, 0.1) is 25.4 Å². The third-order valence-electron chi connectivity index (χ3n) is 15.2. The van der Waals surface area contributed by atoms with Crippen molar-refractivity contribution in [2.75, 3.05) is 13.2 Å². The first-order valence-electron chi connectivity index (χ1n) is 32.8. The number of nitrogens with one attached hydrogen (secondary N) is 1. The van der Waals surface area contributed by atoms with E-state index in [1.165, 1.54) is 276 Å². The number of esters is 1. The van der Waals surface area contributed by atoms with E-state index in [-0.39, 0.29) is 18.5 Å². The zero-order valence-corrected chi connectivity index (χ0v) is 49.1. The van der Waals surface area contributed by atoms with Crippen molar-refractivity contribution in [1.29, 1.82) is 0 Å². The summed E-state index contributed by atoms with van der Waals surface area (Å²) in [6.45, 7) is 4.89. The Bertz CT molecular complexity index is 1180. The van der Waals surface area contributed by atoms with Crippen LogP contribution in [-0.2, 0) is 14.3 Å². The molecule has 430 valence electrons. The van der Waals surface area contributed by atoms with Crippen molar-refractivity contribution in [3.05, 3.63) is 36.5 Å².